The minimum atomic E-state index is -0.567. The van der Waals surface area contributed by atoms with Crippen LogP contribution in [0.2, 0.25) is 0 Å². The topological polar surface area (TPSA) is 67.9 Å². The number of carbonyl (C=O) groups excluding carboxylic acids is 2. The lowest BCUT2D eigenvalue weighted by atomic mass is 10.2. The minimum Gasteiger partial charge on any atom is -0.489 e. The second-order valence-electron chi connectivity index (χ2n) is 6.86. The van der Waals surface area contributed by atoms with Crippen molar-refractivity contribution in [2.24, 2.45) is 0 Å². The summed E-state index contributed by atoms with van der Waals surface area (Å²) in [5.74, 6) is -0.319. The summed E-state index contributed by atoms with van der Waals surface area (Å²) in [4.78, 5) is 26.1. The first-order valence-electron chi connectivity index (χ1n) is 9.52. The van der Waals surface area contributed by atoms with E-state index in [1.54, 1.807) is 36.4 Å². The van der Waals surface area contributed by atoms with Crippen molar-refractivity contribution in [3.05, 3.63) is 90.0 Å². The van der Waals surface area contributed by atoms with E-state index in [9.17, 15) is 9.59 Å². The number of ether oxygens (including phenoxy) is 2. The maximum Gasteiger partial charge on any atom is 0.338 e. The fourth-order valence-corrected chi connectivity index (χ4v) is 2.68. The molecular weight excluding hydrogens is 380 g/mol. The Hall–Kier alpha value is -3.80. The average Bonchev–Trinajstić information content (AvgIpc) is 2.77. The molecule has 0 bridgehead atoms. The lowest BCUT2D eigenvalue weighted by molar-refractivity contribution is -0.119. The second-order valence-corrected chi connectivity index (χ2v) is 6.86. The highest BCUT2D eigenvalue weighted by atomic mass is 16.5. The third-order valence-corrected chi connectivity index (χ3v) is 4.34. The molecule has 154 valence electrons. The van der Waals surface area contributed by atoms with E-state index < -0.39 is 11.9 Å². The Bertz CT molecular complexity index is 968. The number of nitrogens with zero attached hydrogens (tertiary/aromatic N) is 1. The fourth-order valence-electron chi connectivity index (χ4n) is 2.68. The first-order valence-corrected chi connectivity index (χ1v) is 9.52. The molecule has 0 atom stereocenters. The molecule has 0 aliphatic rings. The summed E-state index contributed by atoms with van der Waals surface area (Å²) < 4.78 is 10.8. The van der Waals surface area contributed by atoms with E-state index in [0.717, 1.165) is 11.3 Å². The molecule has 6 nitrogen and oxygen atoms in total. The molecule has 6 heteroatoms. The van der Waals surface area contributed by atoms with Gasteiger partial charge < -0.3 is 19.7 Å². The summed E-state index contributed by atoms with van der Waals surface area (Å²) in [6.45, 7) is 0.0842. The van der Waals surface area contributed by atoms with Gasteiger partial charge in [-0.05, 0) is 54.1 Å². The number of benzene rings is 3. The van der Waals surface area contributed by atoms with Crippen LogP contribution in [0.15, 0.2) is 78.9 Å². The van der Waals surface area contributed by atoms with Gasteiger partial charge in [0.25, 0.3) is 5.91 Å². The Balaban J connectivity index is 1.45. The molecule has 0 fully saturated rings. The highest BCUT2D eigenvalue weighted by Gasteiger charge is 2.11. The second kappa shape index (κ2) is 10.1. The van der Waals surface area contributed by atoms with E-state index in [0.29, 0.717) is 23.6 Å². The van der Waals surface area contributed by atoms with Gasteiger partial charge in [-0.15, -0.1) is 0 Å². The summed E-state index contributed by atoms with van der Waals surface area (Å²) in [6, 6.07) is 23.8. The van der Waals surface area contributed by atoms with Crippen LogP contribution in [-0.2, 0) is 16.1 Å². The molecule has 0 saturated carbocycles. The van der Waals surface area contributed by atoms with E-state index in [2.05, 4.69) is 5.32 Å². The molecule has 0 aliphatic heterocycles. The van der Waals surface area contributed by atoms with E-state index >= 15 is 0 Å². The molecule has 0 radical (unpaired) electrons. The van der Waals surface area contributed by atoms with Gasteiger partial charge in [-0.25, -0.2) is 4.79 Å². The molecule has 30 heavy (non-hydrogen) atoms. The third kappa shape index (κ3) is 6.10. The van der Waals surface area contributed by atoms with E-state index in [1.165, 1.54) is 0 Å². The zero-order valence-electron chi connectivity index (χ0n) is 17.0. The highest BCUT2D eigenvalue weighted by molar-refractivity contribution is 5.95. The normalized spacial score (nSPS) is 10.2. The Labute approximate surface area is 176 Å². The molecule has 3 aromatic rings. The van der Waals surface area contributed by atoms with Gasteiger partial charge in [-0.1, -0.05) is 30.3 Å². The predicted octanol–water partition coefficient (Wildman–Crippen LogP) is 4.13. The average molecular weight is 404 g/mol. The summed E-state index contributed by atoms with van der Waals surface area (Å²) in [6.07, 6.45) is 0. The number of hydrogen-bond donors (Lipinski definition) is 1. The molecule has 0 saturated heterocycles. The number of nitrogens with one attached hydrogen (secondary N) is 1. The quantitative estimate of drug-likeness (QED) is 0.572. The zero-order chi connectivity index (χ0) is 21.3. The molecule has 0 aromatic heterocycles. The first kappa shape index (κ1) is 20.9. The van der Waals surface area contributed by atoms with Crippen LogP contribution in [-0.4, -0.2) is 32.6 Å². The molecule has 0 heterocycles. The van der Waals surface area contributed by atoms with Crippen LogP contribution < -0.4 is 15.0 Å². The molecule has 1 N–H and O–H groups in total. The summed E-state index contributed by atoms with van der Waals surface area (Å²) in [5.41, 5.74) is 3.07. The number of hydrogen-bond acceptors (Lipinski definition) is 5. The standard InChI is InChI=1S/C24H24N2O4/c1-26(2)21-12-10-20(11-13-21)25-23(27)17-30-24(28)19-8-14-22(15-9-19)29-16-18-6-4-3-5-7-18/h3-15H,16-17H2,1-2H3,(H,25,27). The third-order valence-electron chi connectivity index (χ3n) is 4.34. The predicted molar refractivity (Wildman–Crippen MR) is 117 cm³/mol. The van der Waals surface area contributed by atoms with Crippen molar-refractivity contribution in [2.75, 3.05) is 30.9 Å². The van der Waals surface area contributed by atoms with Gasteiger partial charge >= 0.3 is 5.97 Å². The van der Waals surface area contributed by atoms with E-state index in [1.807, 2.05) is 61.5 Å². The maximum atomic E-state index is 12.2. The fraction of sp³-hybridized carbons (Fsp3) is 0.167. The first-order chi connectivity index (χ1) is 14.5. The van der Waals surface area contributed by atoms with Gasteiger partial charge in [0.2, 0.25) is 0 Å². The zero-order valence-corrected chi connectivity index (χ0v) is 17.0. The minimum absolute atomic E-state index is 0.352. The van der Waals surface area contributed by atoms with E-state index in [4.69, 9.17) is 9.47 Å². The summed E-state index contributed by atoms with van der Waals surface area (Å²) >= 11 is 0. The van der Waals surface area contributed by atoms with Crippen molar-refractivity contribution in [1.82, 2.24) is 0 Å². The molecule has 1 amide bonds. The molecular formula is C24H24N2O4. The van der Waals surface area contributed by atoms with Gasteiger partial charge in [0, 0.05) is 25.5 Å². The Morgan fingerprint density at radius 3 is 2.17 bits per heavy atom. The Morgan fingerprint density at radius 2 is 1.53 bits per heavy atom. The van der Waals surface area contributed by atoms with Gasteiger partial charge in [0.1, 0.15) is 12.4 Å². The van der Waals surface area contributed by atoms with Crippen molar-refractivity contribution in [1.29, 1.82) is 0 Å². The van der Waals surface area contributed by atoms with Gasteiger partial charge in [-0.2, -0.15) is 0 Å². The molecule has 0 aliphatic carbocycles. The summed E-state index contributed by atoms with van der Waals surface area (Å²) in [5, 5.41) is 2.70. The lowest BCUT2D eigenvalue weighted by Crippen LogP contribution is -2.21. The van der Waals surface area contributed by atoms with Crippen LogP contribution in [0.5, 0.6) is 5.75 Å². The molecule has 0 spiro atoms. The number of anilines is 2. The van der Waals surface area contributed by atoms with Crippen molar-refractivity contribution >= 4 is 23.3 Å². The summed E-state index contributed by atoms with van der Waals surface area (Å²) in [7, 11) is 3.88. The lowest BCUT2D eigenvalue weighted by Gasteiger charge is -2.13. The monoisotopic (exact) mass is 404 g/mol. The van der Waals surface area contributed by atoms with Gasteiger partial charge in [-0.3, -0.25) is 4.79 Å². The van der Waals surface area contributed by atoms with Crippen LogP contribution in [0.1, 0.15) is 15.9 Å². The van der Waals surface area contributed by atoms with Crippen LogP contribution in [0, 0.1) is 0 Å². The smallest absolute Gasteiger partial charge is 0.338 e. The van der Waals surface area contributed by atoms with Crippen LogP contribution in [0.25, 0.3) is 0 Å². The number of esters is 1. The number of rotatable bonds is 8. The largest absolute Gasteiger partial charge is 0.489 e. The molecule has 0 unspecified atom stereocenters. The SMILES string of the molecule is CN(C)c1ccc(NC(=O)COC(=O)c2ccc(OCc3ccccc3)cc2)cc1. The molecule has 3 aromatic carbocycles. The van der Waals surface area contributed by atoms with Crippen LogP contribution in [0.4, 0.5) is 11.4 Å². The number of carbonyl (C=O) groups is 2. The van der Waals surface area contributed by atoms with Crippen molar-refractivity contribution in [3.8, 4) is 5.75 Å². The van der Waals surface area contributed by atoms with Crippen molar-refractivity contribution in [2.45, 2.75) is 6.61 Å². The van der Waals surface area contributed by atoms with Crippen LogP contribution >= 0.6 is 0 Å². The van der Waals surface area contributed by atoms with Crippen molar-refractivity contribution < 1.29 is 19.1 Å². The maximum absolute atomic E-state index is 12.2. The van der Waals surface area contributed by atoms with Gasteiger partial charge in [0.05, 0.1) is 5.56 Å². The van der Waals surface area contributed by atoms with Crippen molar-refractivity contribution in [3.63, 3.8) is 0 Å². The van der Waals surface area contributed by atoms with E-state index in [-0.39, 0.29) is 6.61 Å². The van der Waals surface area contributed by atoms with Gasteiger partial charge in [0.15, 0.2) is 6.61 Å². The molecule has 3 rings (SSSR count). The Morgan fingerprint density at radius 1 is 0.867 bits per heavy atom. The number of amides is 1. The Kier molecular flexibility index (Phi) is 7.05. The highest BCUT2D eigenvalue weighted by Crippen LogP contribution is 2.16. The van der Waals surface area contributed by atoms with Crippen LogP contribution in [0.3, 0.4) is 0 Å².